The number of carbonyl (C=O) groups excluding carboxylic acids is 2. The number of unbranched alkanes of at least 4 members (excludes halogenated alkanes) is 1. The van der Waals surface area contributed by atoms with Crippen molar-refractivity contribution in [3.8, 4) is 0 Å². The second-order valence-corrected chi connectivity index (χ2v) is 3.99. The van der Waals surface area contributed by atoms with Crippen molar-refractivity contribution in [2.24, 2.45) is 0 Å². The summed E-state index contributed by atoms with van der Waals surface area (Å²) >= 11 is 0. The SMILES string of the molecule is CCCC=C=C(CCCC(=O)OCC)C(=O)OCC. The third kappa shape index (κ3) is 9.09. The first-order valence-electron chi connectivity index (χ1n) is 6.92. The molecule has 0 heterocycles. The van der Waals surface area contributed by atoms with Gasteiger partial charge in [0, 0.05) is 6.42 Å². The van der Waals surface area contributed by atoms with Crippen LogP contribution in [0.3, 0.4) is 0 Å². The van der Waals surface area contributed by atoms with Crippen molar-refractivity contribution < 1.29 is 19.1 Å². The third-order valence-corrected chi connectivity index (χ3v) is 2.34. The summed E-state index contributed by atoms with van der Waals surface area (Å²) in [5.41, 5.74) is 3.48. The van der Waals surface area contributed by atoms with Gasteiger partial charge in [-0.05, 0) is 39.2 Å². The van der Waals surface area contributed by atoms with Crippen LogP contribution in [-0.4, -0.2) is 25.2 Å². The zero-order valence-corrected chi connectivity index (χ0v) is 12.2. The standard InChI is InChI=1S/C15H24O4/c1-4-7-8-10-13(15(17)19-6-3)11-9-12-14(16)18-5-2/h8H,4-7,9,11-12H2,1-3H3. The first-order chi connectivity index (χ1) is 9.15. The maximum absolute atomic E-state index is 11.7. The molecule has 0 fully saturated rings. The highest BCUT2D eigenvalue weighted by Gasteiger charge is 2.11. The van der Waals surface area contributed by atoms with E-state index in [9.17, 15) is 9.59 Å². The summed E-state index contributed by atoms with van der Waals surface area (Å²) in [5.74, 6) is -0.582. The summed E-state index contributed by atoms with van der Waals surface area (Å²) in [7, 11) is 0. The Morgan fingerprint density at radius 3 is 2.32 bits per heavy atom. The summed E-state index contributed by atoms with van der Waals surface area (Å²) in [6, 6.07) is 0. The number of hydrogen-bond acceptors (Lipinski definition) is 4. The lowest BCUT2D eigenvalue weighted by Crippen LogP contribution is -2.08. The van der Waals surface area contributed by atoms with E-state index < -0.39 is 0 Å². The number of carbonyl (C=O) groups is 2. The second kappa shape index (κ2) is 11.5. The maximum Gasteiger partial charge on any atom is 0.341 e. The van der Waals surface area contributed by atoms with Crippen molar-refractivity contribution in [3.05, 3.63) is 17.4 Å². The van der Waals surface area contributed by atoms with E-state index in [1.54, 1.807) is 13.8 Å². The molecule has 0 radical (unpaired) electrons. The van der Waals surface area contributed by atoms with Crippen LogP contribution in [0, 0.1) is 0 Å². The van der Waals surface area contributed by atoms with Crippen molar-refractivity contribution >= 4 is 11.9 Å². The highest BCUT2D eigenvalue weighted by Crippen LogP contribution is 2.09. The van der Waals surface area contributed by atoms with Gasteiger partial charge in [0.2, 0.25) is 0 Å². The molecule has 0 aromatic heterocycles. The molecule has 0 saturated carbocycles. The van der Waals surface area contributed by atoms with Crippen molar-refractivity contribution in [2.75, 3.05) is 13.2 Å². The van der Waals surface area contributed by atoms with Gasteiger partial charge in [-0.25, -0.2) is 4.79 Å². The van der Waals surface area contributed by atoms with E-state index in [0.717, 1.165) is 12.8 Å². The second-order valence-electron chi connectivity index (χ2n) is 3.99. The zero-order valence-electron chi connectivity index (χ0n) is 12.2. The van der Waals surface area contributed by atoms with Crippen molar-refractivity contribution in [3.63, 3.8) is 0 Å². The summed E-state index contributed by atoms with van der Waals surface area (Å²) < 4.78 is 9.80. The van der Waals surface area contributed by atoms with Gasteiger partial charge >= 0.3 is 11.9 Å². The Kier molecular flexibility index (Phi) is 10.6. The molecule has 108 valence electrons. The molecule has 0 N–H and O–H groups in total. The summed E-state index contributed by atoms with van der Waals surface area (Å²) in [6.07, 6.45) is 5.09. The maximum atomic E-state index is 11.7. The zero-order chi connectivity index (χ0) is 14.5. The van der Waals surface area contributed by atoms with Gasteiger partial charge < -0.3 is 9.47 Å². The highest BCUT2D eigenvalue weighted by molar-refractivity contribution is 5.88. The normalized spacial score (nSPS) is 9.42. The van der Waals surface area contributed by atoms with Gasteiger partial charge in [0.15, 0.2) is 0 Å². The van der Waals surface area contributed by atoms with Crippen LogP contribution >= 0.6 is 0 Å². The van der Waals surface area contributed by atoms with E-state index in [4.69, 9.17) is 9.47 Å². The molecule has 0 aliphatic rings. The van der Waals surface area contributed by atoms with Crippen molar-refractivity contribution in [2.45, 2.75) is 52.9 Å². The van der Waals surface area contributed by atoms with Crippen LogP contribution in [0.2, 0.25) is 0 Å². The van der Waals surface area contributed by atoms with Crippen LogP contribution in [0.25, 0.3) is 0 Å². The Bertz CT molecular complexity index is 338. The molecule has 0 atom stereocenters. The Morgan fingerprint density at radius 1 is 1.05 bits per heavy atom. The first kappa shape index (κ1) is 17.5. The van der Waals surface area contributed by atoms with Crippen LogP contribution in [0.4, 0.5) is 0 Å². The van der Waals surface area contributed by atoms with Crippen molar-refractivity contribution in [1.82, 2.24) is 0 Å². The molecule has 0 unspecified atom stereocenters. The molecule has 0 aliphatic carbocycles. The van der Waals surface area contributed by atoms with Crippen LogP contribution in [0.15, 0.2) is 17.4 Å². The lowest BCUT2D eigenvalue weighted by Gasteiger charge is -2.04. The third-order valence-electron chi connectivity index (χ3n) is 2.34. The molecule has 4 heteroatoms. The van der Waals surface area contributed by atoms with Gasteiger partial charge in [-0.1, -0.05) is 13.3 Å². The van der Waals surface area contributed by atoms with Gasteiger partial charge in [0.05, 0.1) is 18.8 Å². The molecule has 0 spiro atoms. The minimum absolute atomic E-state index is 0.233. The molecule has 0 bridgehead atoms. The molecule has 0 aromatic carbocycles. The quantitative estimate of drug-likeness (QED) is 0.366. The lowest BCUT2D eigenvalue weighted by molar-refractivity contribution is -0.143. The van der Waals surface area contributed by atoms with Gasteiger partial charge in [0.25, 0.3) is 0 Å². The number of hydrogen-bond donors (Lipinski definition) is 0. The number of rotatable bonds is 9. The fourth-order valence-electron chi connectivity index (χ4n) is 1.43. The minimum atomic E-state index is -0.348. The van der Waals surface area contributed by atoms with Crippen LogP contribution < -0.4 is 0 Å². The van der Waals surface area contributed by atoms with Crippen molar-refractivity contribution in [1.29, 1.82) is 0 Å². The smallest absolute Gasteiger partial charge is 0.341 e. The van der Waals surface area contributed by atoms with E-state index in [-0.39, 0.29) is 11.9 Å². The van der Waals surface area contributed by atoms with Crippen LogP contribution in [0.1, 0.15) is 52.9 Å². The lowest BCUT2D eigenvalue weighted by atomic mass is 10.1. The average molecular weight is 268 g/mol. The number of esters is 2. The molecular weight excluding hydrogens is 244 g/mol. The molecule has 0 aliphatic heterocycles. The topological polar surface area (TPSA) is 52.6 Å². The van der Waals surface area contributed by atoms with Crippen LogP contribution in [0.5, 0.6) is 0 Å². The van der Waals surface area contributed by atoms with Gasteiger partial charge in [-0.15, -0.1) is 5.73 Å². The fourth-order valence-corrected chi connectivity index (χ4v) is 1.43. The fraction of sp³-hybridized carbons (Fsp3) is 0.667. The summed E-state index contributed by atoms with van der Waals surface area (Å²) in [5, 5.41) is 0. The Morgan fingerprint density at radius 2 is 1.74 bits per heavy atom. The Balaban J connectivity index is 4.39. The van der Waals surface area contributed by atoms with E-state index in [2.05, 4.69) is 12.7 Å². The first-order valence-corrected chi connectivity index (χ1v) is 6.92. The van der Waals surface area contributed by atoms with E-state index in [1.165, 1.54) is 0 Å². The monoisotopic (exact) mass is 268 g/mol. The predicted octanol–water partition coefficient (Wildman–Crippen LogP) is 3.16. The van der Waals surface area contributed by atoms with Gasteiger partial charge in [-0.2, -0.15) is 0 Å². The predicted molar refractivity (Wildman–Crippen MR) is 73.6 cm³/mol. The van der Waals surface area contributed by atoms with E-state index >= 15 is 0 Å². The molecular formula is C15H24O4. The Labute approximate surface area is 115 Å². The number of ether oxygens (including phenoxy) is 2. The molecule has 0 rings (SSSR count). The molecule has 0 saturated heterocycles. The molecule has 0 amide bonds. The molecule has 19 heavy (non-hydrogen) atoms. The highest BCUT2D eigenvalue weighted by atomic mass is 16.5. The summed E-state index contributed by atoms with van der Waals surface area (Å²) in [4.78, 5) is 22.9. The van der Waals surface area contributed by atoms with E-state index in [0.29, 0.717) is 38.0 Å². The van der Waals surface area contributed by atoms with Gasteiger partial charge in [-0.3, -0.25) is 4.79 Å². The van der Waals surface area contributed by atoms with Crippen LogP contribution in [-0.2, 0) is 19.1 Å². The van der Waals surface area contributed by atoms with E-state index in [1.807, 2.05) is 6.08 Å². The average Bonchev–Trinajstić information content (AvgIpc) is 2.37. The molecule has 0 aromatic rings. The minimum Gasteiger partial charge on any atom is -0.466 e. The van der Waals surface area contributed by atoms with Gasteiger partial charge in [0.1, 0.15) is 0 Å². The Hall–Kier alpha value is -1.54. The molecule has 4 nitrogen and oxygen atoms in total. The largest absolute Gasteiger partial charge is 0.466 e. The summed E-state index contributed by atoms with van der Waals surface area (Å²) in [6.45, 7) is 6.33.